The lowest BCUT2D eigenvalue weighted by atomic mass is 9.86. The maximum atomic E-state index is 6.05. The normalized spacial score (nSPS) is 19.4. The molecule has 0 saturated heterocycles. The average molecular weight is 399 g/mol. The summed E-state index contributed by atoms with van der Waals surface area (Å²) in [7, 11) is 0. The van der Waals surface area contributed by atoms with Crippen LogP contribution in [-0.2, 0) is 0 Å². The highest BCUT2D eigenvalue weighted by atomic mass is 35.5. The fourth-order valence-corrected chi connectivity index (χ4v) is 3.75. The molecule has 1 aliphatic carbocycles. The summed E-state index contributed by atoms with van der Waals surface area (Å²) in [5.41, 5.74) is 0.958. The van der Waals surface area contributed by atoms with E-state index in [9.17, 15) is 0 Å². The molecule has 0 amide bonds. The van der Waals surface area contributed by atoms with E-state index in [1.54, 1.807) is 6.20 Å². The van der Waals surface area contributed by atoms with Crippen molar-refractivity contribution in [1.29, 1.82) is 0 Å². The molecular weight excluding hydrogens is 376 g/mol. The molecule has 28 heavy (non-hydrogen) atoms. The van der Waals surface area contributed by atoms with Crippen molar-refractivity contribution in [1.82, 2.24) is 19.7 Å². The van der Waals surface area contributed by atoms with Crippen molar-refractivity contribution in [2.45, 2.75) is 44.6 Å². The van der Waals surface area contributed by atoms with E-state index in [4.69, 9.17) is 21.1 Å². The number of pyridine rings is 1. The fraction of sp³-hybridized carbons (Fsp3) is 0.381. The molecule has 1 aromatic carbocycles. The molecule has 0 N–H and O–H groups in total. The van der Waals surface area contributed by atoms with Gasteiger partial charge >= 0.3 is 6.01 Å². The van der Waals surface area contributed by atoms with Gasteiger partial charge in [0.05, 0.1) is 12.3 Å². The molecule has 1 saturated carbocycles. The van der Waals surface area contributed by atoms with Crippen LogP contribution in [0.2, 0.25) is 5.02 Å². The Labute approximate surface area is 169 Å². The first-order chi connectivity index (χ1) is 13.7. The zero-order valence-electron chi connectivity index (χ0n) is 15.8. The SMILES string of the molecule is CCOc1nnc(C2CCC(Oc3ccccn3)CC2)n1-c1ccc(Cl)cc1. The number of ether oxygens (including phenoxy) is 2. The lowest BCUT2D eigenvalue weighted by Gasteiger charge is -2.28. The third kappa shape index (κ3) is 4.12. The number of hydrogen-bond donors (Lipinski definition) is 0. The Balaban J connectivity index is 1.51. The van der Waals surface area contributed by atoms with Gasteiger partial charge in [0.15, 0.2) is 0 Å². The first-order valence-electron chi connectivity index (χ1n) is 9.66. The second-order valence-electron chi connectivity index (χ2n) is 6.85. The van der Waals surface area contributed by atoms with E-state index >= 15 is 0 Å². The van der Waals surface area contributed by atoms with E-state index in [0.29, 0.717) is 29.4 Å². The van der Waals surface area contributed by atoms with E-state index in [-0.39, 0.29) is 6.10 Å². The van der Waals surface area contributed by atoms with Gasteiger partial charge in [-0.15, -0.1) is 5.10 Å². The van der Waals surface area contributed by atoms with Crippen molar-refractivity contribution < 1.29 is 9.47 Å². The first-order valence-corrected chi connectivity index (χ1v) is 10.0. The lowest BCUT2D eigenvalue weighted by molar-refractivity contribution is 0.139. The predicted octanol–water partition coefficient (Wildman–Crippen LogP) is 4.82. The standard InChI is InChI=1S/C21H23ClN4O2/c1-2-27-21-25-24-20(26(21)17-10-8-16(22)9-11-17)15-6-12-18(13-7-15)28-19-5-3-4-14-23-19/h3-5,8-11,14-15,18H,2,6-7,12-13H2,1H3. The fourth-order valence-electron chi connectivity index (χ4n) is 3.63. The minimum absolute atomic E-state index is 0.185. The van der Waals surface area contributed by atoms with Gasteiger partial charge < -0.3 is 9.47 Å². The van der Waals surface area contributed by atoms with E-state index in [1.165, 1.54) is 0 Å². The highest BCUT2D eigenvalue weighted by Crippen LogP contribution is 2.36. The number of nitrogens with zero attached hydrogens (tertiary/aromatic N) is 4. The quantitative estimate of drug-likeness (QED) is 0.595. The molecule has 1 fully saturated rings. The van der Waals surface area contributed by atoms with Crippen molar-refractivity contribution in [3.8, 4) is 17.6 Å². The van der Waals surface area contributed by atoms with E-state index < -0.39 is 0 Å². The monoisotopic (exact) mass is 398 g/mol. The highest BCUT2D eigenvalue weighted by molar-refractivity contribution is 6.30. The van der Waals surface area contributed by atoms with Crippen molar-refractivity contribution in [3.63, 3.8) is 0 Å². The second kappa shape index (κ2) is 8.61. The smallest absolute Gasteiger partial charge is 0.321 e. The van der Waals surface area contributed by atoms with E-state index in [1.807, 2.05) is 54.0 Å². The molecule has 0 spiro atoms. The highest BCUT2D eigenvalue weighted by Gasteiger charge is 2.29. The number of rotatable bonds is 6. The summed E-state index contributed by atoms with van der Waals surface area (Å²) < 4.78 is 13.7. The van der Waals surface area contributed by atoms with Gasteiger partial charge in [0.25, 0.3) is 0 Å². The Kier molecular flexibility index (Phi) is 5.76. The van der Waals surface area contributed by atoms with Crippen molar-refractivity contribution in [3.05, 3.63) is 59.5 Å². The molecule has 4 rings (SSSR count). The number of aromatic nitrogens is 4. The van der Waals surface area contributed by atoms with Gasteiger partial charge in [-0.1, -0.05) is 22.8 Å². The number of halogens is 1. The zero-order chi connectivity index (χ0) is 19.3. The number of benzene rings is 1. The average Bonchev–Trinajstić information content (AvgIpc) is 3.14. The molecule has 2 heterocycles. The molecular formula is C21H23ClN4O2. The van der Waals surface area contributed by atoms with Gasteiger partial charge in [0.2, 0.25) is 5.88 Å². The van der Waals surface area contributed by atoms with Crippen molar-refractivity contribution in [2.75, 3.05) is 6.61 Å². The first kappa shape index (κ1) is 18.7. The maximum absolute atomic E-state index is 6.05. The molecule has 6 nitrogen and oxygen atoms in total. The van der Waals surface area contributed by atoms with Crippen LogP contribution in [-0.4, -0.2) is 32.5 Å². The topological polar surface area (TPSA) is 62.1 Å². The molecule has 2 aromatic heterocycles. The minimum atomic E-state index is 0.185. The van der Waals surface area contributed by atoms with Crippen LogP contribution in [0.25, 0.3) is 5.69 Å². The lowest BCUT2D eigenvalue weighted by Crippen LogP contribution is -2.25. The maximum Gasteiger partial charge on any atom is 0.321 e. The summed E-state index contributed by atoms with van der Waals surface area (Å²) in [6.45, 7) is 2.48. The van der Waals surface area contributed by atoms with Crippen molar-refractivity contribution >= 4 is 11.6 Å². The summed E-state index contributed by atoms with van der Waals surface area (Å²) in [6.07, 6.45) is 5.82. The van der Waals surface area contributed by atoms with Gasteiger partial charge in [0.1, 0.15) is 11.9 Å². The van der Waals surface area contributed by atoms with Crippen LogP contribution in [0.5, 0.6) is 11.9 Å². The Morgan fingerprint density at radius 1 is 1.04 bits per heavy atom. The zero-order valence-corrected chi connectivity index (χ0v) is 16.5. The molecule has 0 atom stereocenters. The largest absolute Gasteiger partial charge is 0.474 e. The summed E-state index contributed by atoms with van der Waals surface area (Å²) in [5.74, 6) is 1.93. The van der Waals surface area contributed by atoms with Crippen LogP contribution >= 0.6 is 11.6 Å². The summed E-state index contributed by atoms with van der Waals surface area (Å²) >= 11 is 6.05. The van der Waals surface area contributed by atoms with Crippen LogP contribution in [0.3, 0.4) is 0 Å². The van der Waals surface area contributed by atoms with Gasteiger partial charge in [-0.2, -0.15) is 0 Å². The van der Waals surface area contributed by atoms with E-state index in [2.05, 4.69) is 15.2 Å². The Morgan fingerprint density at radius 3 is 2.50 bits per heavy atom. The Bertz CT molecular complexity index is 891. The van der Waals surface area contributed by atoms with Crippen LogP contribution in [0.1, 0.15) is 44.3 Å². The predicted molar refractivity (Wildman–Crippen MR) is 107 cm³/mol. The summed E-state index contributed by atoms with van der Waals surface area (Å²) in [6, 6.07) is 13.9. The molecule has 7 heteroatoms. The molecule has 0 aliphatic heterocycles. The van der Waals surface area contributed by atoms with Crippen LogP contribution in [0.4, 0.5) is 0 Å². The Hall–Kier alpha value is -2.60. The van der Waals surface area contributed by atoms with Gasteiger partial charge in [0, 0.05) is 23.2 Å². The molecule has 1 aliphatic rings. The number of hydrogen-bond acceptors (Lipinski definition) is 5. The van der Waals surface area contributed by atoms with Crippen LogP contribution in [0.15, 0.2) is 48.7 Å². The molecule has 0 bridgehead atoms. The molecule has 146 valence electrons. The minimum Gasteiger partial charge on any atom is -0.474 e. The van der Waals surface area contributed by atoms with Crippen LogP contribution in [0, 0.1) is 0 Å². The van der Waals surface area contributed by atoms with Gasteiger partial charge in [-0.25, -0.2) is 9.55 Å². The Morgan fingerprint density at radius 2 is 1.82 bits per heavy atom. The molecule has 0 radical (unpaired) electrons. The van der Waals surface area contributed by atoms with E-state index in [0.717, 1.165) is 37.2 Å². The second-order valence-corrected chi connectivity index (χ2v) is 7.28. The third-order valence-corrected chi connectivity index (χ3v) is 5.23. The van der Waals surface area contributed by atoms with Gasteiger partial charge in [-0.3, -0.25) is 0 Å². The third-order valence-electron chi connectivity index (χ3n) is 4.98. The summed E-state index contributed by atoms with van der Waals surface area (Å²) in [5, 5.41) is 9.45. The van der Waals surface area contributed by atoms with Crippen LogP contribution < -0.4 is 9.47 Å². The van der Waals surface area contributed by atoms with Crippen molar-refractivity contribution in [2.24, 2.45) is 0 Å². The molecule has 0 unspecified atom stereocenters. The molecule has 3 aromatic rings. The van der Waals surface area contributed by atoms with Gasteiger partial charge in [-0.05, 0) is 62.9 Å². The summed E-state index contributed by atoms with van der Waals surface area (Å²) in [4.78, 5) is 4.26.